The van der Waals surface area contributed by atoms with Gasteiger partial charge in [0.15, 0.2) is 0 Å². The average Bonchev–Trinajstić information content (AvgIpc) is 2.61. The Kier molecular flexibility index (Phi) is 5.52. The van der Waals surface area contributed by atoms with Gasteiger partial charge in [-0.15, -0.1) is 0 Å². The second-order valence-electron chi connectivity index (χ2n) is 6.53. The molecule has 0 saturated heterocycles. The van der Waals surface area contributed by atoms with E-state index in [0.717, 1.165) is 18.0 Å². The molecule has 0 aromatic heterocycles. The Morgan fingerprint density at radius 3 is 2.36 bits per heavy atom. The van der Waals surface area contributed by atoms with Crippen molar-refractivity contribution in [3.8, 4) is 11.5 Å². The second kappa shape index (κ2) is 8.00. The van der Waals surface area contributed by atoms with Gasteiger partial charge in [-0.2, -0.15) is 0 Å². The van der Waals surface area contributed by atoms with E-state index in [9.17, 15) is 0 Å². The highest BCUT2D eigenvalue weighted by Crippen LogP contribution is 2.23. The summed E-state index contributed by atoms with van der Waals surface area (Å²) in [6, 6.07) is 25.1. The molecule has 0 saturated carbocycles. The molecule has 1 N–H and O–H groups in total. The van der Waals surface area contributed by atoms with Crippen LogP contribution in [0.4, 0.5) is 0 Å². The largest absolute Gasteiger partial charge is 0.457 e. The van der Waals surface area contributed by atoms with Crippen molar-refractivity contribution in [2.24, 2.45) is 0 Å². The zero-order chi connectivity index (χ0) is 17.6. The van der Waals surface area contributed by atoms with Crippen LogP contribution in [0.15, 0.2) is 72.8 Å². The summed E-state index contributed by atoms with van der Waals surface area (Å²) in [7, 11) is 0. The monoisotopic (exact) mass is 331 g/mol. The predicted molar refractivity (Wildman–Crippen MR) is 104 cm³/mol. The zero-order valence-electron chi connectivity index (χ0n) is 15.1. The quantitative estimate of drug-likeness (QED) is 0.603. The number of hydrogen-bond acceptors (Lipinski definition) is 2. The lowest BCUT2D eigenvalue weighted by Gasteiger charge is -2.17. The SMILES string of the molecule is Cc1ccc(C(C)NCc2cccc(Oc3ccccc3)c2)c(C)c1. The predicted octanol–water partition coefficient (Wildman–Crippen LogP) is 5.95. The Hall–Kier alpha value is -2.58. The highest BCUT2D eigenvalue weighted by atomic mass is 16.5. The molecule has 0 aliphatic carbocycles. The summed E-state index contributed by atoms with van der Waals surface area (Å²) in [4.78, 5) is 0. The lowest BCUT2D eigenvalue weighted by molar-refractivity contribution is 0.481. The summed E-state index contributed by atoms with van der Waals surface area (Å²) >= 11 is 0. The van der Waals surface area contributed by atoms with Crippen molar-refractivity contribution in [1.29, 1.82) is 0 Å². The van der Waals surface area contributed by atoms with Crippen LogP contribution in [0.1, 0.15) is 35.2 Å². The van der Waals surface area contributed by atoms with Crippen LogP contribution in [0, 0.1) is 13.8 Å². The minimum Gasteiger partial charge on any atom is -0.457 e. The molecule has 3 rings (SSSR count). The van der Waals surface area contributed by atoms with E-state index in [-0.39, 0.29) is 0 Å². The number of rotatable bonds is 6. The average molecular weight is 331 g/mol. The number of aryl methyl sites for hydroxylation is 2. The van der Waals surface area contributed by atoms with Gasteiger partial charge in [0.2, 0.25) is 0 Å². The summed E-state index contributed by atoms with van der Waals surface area (Å²) in [6.45, 7) is 7.32. The van der Waals surface area contributed by atoms with Crippen LogP contribution >= 0.6 is 0 Å². The topological polar surface area (TPSA) is 21.3 Å². The smallest absolute Gasteiger partial charge is 0.127 e. The molecule has 3 aromatic carbocycles. The molecular formula is C23H25NO. The van der Waals surface area contributed by atoms with E-state index in [0.29, 0.717) is 6.04 Å². The Bertz CT molecular complexity index is 827. The van der Waals surface area contributed by atoms with Gasteiger partial charge in [0, 0.05) is 12.6 Å². The van der Waals surface area contributed by atoms with Crippen molar-refractivity contribution in [2.75, 3.05) is 0 Å². The second-order valence-corrected chi connectivity index (χ2v) is 6.53. The van der Waals surface area contributed by atoms with Crippen LogP contribution in [0.3, 0.4) is 0 Å². The summed E-state index contributed by atoms with van der Waals surface area (Å²) in [5.41, 5.74) is 5.20. The first-order valence-corrected chi connectivity index (χ1v) is 8.74. The first kappa shape index (κ1) is 17.2. The van der Waals surface area contributed by atoms with Crippen molar-refractivity contribution in [3.05, 3.63) is 95.1 Å². The standard InChI is InChI=1S/C23H25NO/c1-17-12-13-23(18(2)14-17)19(3)24-16-20-8-7-11-22(15-20)25-21-9-5-4-6-10-21/h4-15,19,24H,16H2,1-3H3. The maximum absolute atomic E-state index is 5.91. The van der Waals surface area contributed by atoms with Gasteiger partial charge in [-0.3, -0.25) is 0 Å². The Morgan fingerprint density at radius 1 is 0.840 bits per heavy atom. The third-order valence-electron chi connectivity index (χ3n) is 4.38. The van der Waals surface area contributed by atoms with Gasteiger partial charge in [0.1, 0.15) is 11.5 Å². The molecule has 0 heterocycles. The van der Waals surface area contributed by atoms with Gasteiger partial charge >= 0.3 is 0 Å². The normalized spacial score (nSPS) is 12.0. The Balaban J connectivity index is 1.64. The number of para-hydroxylation sites is 1. The molecule has 0 radical (unpaired) electrons. The fraction of sp³-hybridized carbons (Fsp3) is 0.217. The molecule has 0 bridgehead atoms. The van der Waals surface area contributed by atoms with E-state index < -0.39 is 0 Å². The molecule has 0 spiro atoms. The van der Waals surface area contributed by atoms with E-state index in [1.807, 2.05) is 42.5 Å². The van der Waals surface area contributed by atoms with Crippen molar-refractivity contribution in [3.63, 3.8) is 0 Å². The molecule has 2 nitrogen and oxygen atoms in total. The van der Waals surface area contributed by atoms with Crippen LogP contribution in [0.25, 0.3) is 0 Å². The first-order chi connectivity index (χ1) is 12.1. The molecule has 128 valence electrons. The fourth-order valence-electron chi connectivity index (χ4n) is 3.04. The lowest BCUT2D eigenvalue weighted by Crippen LogP contribution is -2.19. The summed E-state index contributed by atoms with van der Waals surface area (Å²) in [5, 5.41) is 3.61. The highest BCUT2D eigenvalue weighted by molar-refractivity contribution is 5.35. The van der Waals surface area contributed by atoms with Crippen LogP contribution in [-0.2, 0) is 6.54 Å². The molecule has 2 heteroatoms. The summed E-state index contributed by atoms with van der Waals surface area (Å²) in [6.07, 6.45) is 0. The molecule has 1 unspecified atom stereocenters. The van der Waals surface area contributed by atoms with E-state index >= 15 is 0 Å². The van der Waals surface area contributed by atoms with E-state index in [2.05, 4.69) is 56.4 Å². The van der Waals surface area contributed by atoms with Crippen molar-refractivity contribution < 1.29 is 4.74 Å². The van der Waals surface area contributed by atoms with Gasteiger partial charge < -0.3 is 10.1 Å². The fourth-order valence-corrected chi connectivity index (χ4v) is 3.04. The van der Waals surface area contributed by atoms with Crippen molar-refractivity contribution in [2.45, 2.75) is 33.4 Å². The molecule has 1 atom stereocenters. The highest BCUT2D eigenvalue weighted by Gasteiger charge is 2.08. The van der Waals surface area contributed by atoms with Crippen molar-refractivity contribution >= 4 is 0 Å². The molecule has 0 amide bonds. The number of benzene rings is 3. The van der Waals surface area contributed by atoms with Gasteiger partial charge in [-0.25, -0.2) is 0 Å². The molecule has 0 aliphatic rings. The number of nitrogens with one attached hydrogen (secondary N) is 1. The van der Waals surface area contributed by atoms with E-state index in [1.54, 1.807) is 0 Å². The van der Waals surface area contributed by atoms with E-state index in [4.69, 9.17) is 4.74 Å². The molecular weight excluding hydrogens is 306 g/mol. The maximum atomic E-state index is 5.91. The molecule has 25 heavy (non-hydrogen) atoms. The molecule has 0 fully saturated rings. The Labute approximate surface area is 150 Å². The summed E-state index contributed by atoms with van der Waals surface area (Å²) < 4.78 is 5.91. The zero-order valence-corrected chi connectivity index (χ0v) is 15.1. The number of ether oxygens (including phenoxy) is 1. The molecule has 3 aromatic rings. The van der Waals surface area contributed by atoms with Gasteiger partial charge in [0.25, 0.3) is 0 Å². The summed E-state index contributed by atoms with van der Waals surface area (Å²) in [5.74, 6) is 1.72. The van der Waals surface area contributed by atoms with E-state index in [1.165, 1.54) is 22.3 Å². The third-order valence-corrected chi connectivity index (χ3v) is 4.38. The Morgan fingerprint density at radius 2 is 1.60 bits per heavy atom. The van der Waals surface area contributed by atoms with Gasteiger partial charge in [0.05, 0.1) is 0 Å². The maximum Gasteiger partial charge on any atom is 0.127 e. The lowest BCUT2D eigenvalue weighted by atomic mass is 10.00. The van der Waals surface area contributed by atoms with Crippen LogP contribution in [0.5, 0.6) is 11.5 Å². The minimum absolute atomic E-state index is 0.305. The van der Waals surface area contributed by atoms with Gasteiger partial charge in [-0.1, -0.05) is 54.1 Å². The third kappa shape index (κ3) is 4.71. The first-order valence-electron chi connectivity index (χ1n) is 8.74. The minimum atomic E-state index is 0.305. The van der Waals surface area contributed by atoms with Crippen LogP contribution < -0.4 is 10.1 Å². The van der Waals surface area contributed by atoms with Crippen LogP contribution in [-0.4, -0.2) is 0 Å². The van der Waals surface area contributed by atoms with Gasteiger partial charge in [-0.05, 0) is 61.7 Å². The van der Waals surface area contributed by atoms with Crippen molar-refractivity contribution in [1.82, 2.24) is 5.32 Å². The molecule has 0 aliphatic heterocycles. The number of hydrogen-bond donors (Lipinski definition) is 1. The van der Waals surface area contributed by atoms with Crippen LogP contribution in [0.2, 0.25) is 0 Å².